The maximum absolute atomic E-state index is 13.8. The summed E-state index contributed by atoms with van der Waals surface area (Å²) >= 11 is 0. The summed E-state index contributed by atoms with van der Waals surface area (Å²) in [4.78, 5) is 28.2. The van der Waals surface area contributed by atoms with Crippen LogP contribution < -0.4 is 10.6 Å². The molecular formula is C33H33F3N6O4. The van der Waals surface area contributed by atoms with Crippen molar-refractivity contribution in [3.8, 4) is 0 Å². The third-order valence-electron chi connectivity index (χ3n) is 6.87. The number of allylic oxidation sites excluding steroid dienone is 3. The molecule has 0 radical (unpaired) electrons. The summed E-state index contributed by atoms with van der Waals surface area (Å²) in [7, 11) is 0. The number of alkyl halides is 3. The number of aromatic nitrogens is 1. The maximum Gasteiger partial charge on any atom is 0.416 e. The molecule has 0 saturated heterocycles. The zero-order chi connectivity index (χ0) is 32.5. The lowest BCUT2D eigenvalue weighted by Gasteiger charge is -2.26. The predicted molar refractivity (Wildman–Crippen MR) is 168 cm³/mol. The summed E-state index contributed by atoms with van der Waals surface area (Å²) in [6.07, 6.45) is 6.50. The lowest BCUT2D eigenvalue weighted by Crippen LogP contribution is -2.35. The Morgan fingerprint density at radius 1 is 1.00 bits per heavy atom. The lowest BCUT2D eigenvalue weighted by atomic mass is 10.0. The first-order valence-electron chi connectivity index (χ1n) is 14.7. The molecule has 2 aliphatic heterocycles. The fourth-order valence-corrected chi connectivity index (χ4v) is 4.80. The first-order valence-corrected chi connectivity index (χ1v) is 14.7. The second-order valence-corrected chi connectivity index (χ2v) is 10.1. The van der Waals surface area contributed by atoms with Gasteiger partial charge in [-0.25, -0.2) is 9.79 Å². The van der Waals surface area contributed by atoms with E-state index in [9.17, 15) is 18.0 Å². The van der Waals surface area contributed by atoms with E-state index in [2.05, 4.69) is 20.6 Å². The molecule has 0 unspecified atom stereocenters. The summed E-state index contributed by atoms with van der Waals surface area (Å²) in [5.41, 5.74) is 1.92. The van der Waals surface area contributed by atoms with Crippen LogP contribution in [0.3, 0.4) is 0 Å². The largest absolute Gasteiger partial charge is 0.498 e. The van der Waals surface area contributed by atoms with Crippen LogP contribution in [-0.4, -0.2) is 53.6 Å². The fourth-order valence-electron chi connectivity index (χ4n) is 4.80. The minimum Gasteiger partial charge on any atom is -0.498 e. The van der Waals surface area contributed by atoms with Crippen LogP contribution in [0.15, 0.2) is 112 Å². The highest BCUT2D eigenvalue weighted by molar-refractivity contribution is 6.40. The summed E-state index contributed by atoms with van der Waals surface area (Å²) in [5, 5.41) is 5.41. The van der Waals surface area contributed by atoms with Gasteiger partial charge in [0.25, 0.3) is 5.90 Å². The van der Waals surface area contributed by atoms with Gasteiger partial charge in [0.15, 0.2) is 5.84 Å². The standard InChI is InChI=1S/C33H33F3N6O4/c1-3-44-28-11-12-29(45-4-2)26(10-9-25(28)33(34,35)36)41-32(43)39-24-8-5-7-23(19-24)27-20-42-18-6-15-38-30(42)31(40-27)46-21-22-13-16-37-17-14-22/h5-8,10,12-14,16-20H,3-4,9,11,15,21H2,1-2H3,(H2,39,41,43)/b26-10+,28-25-,29-12?. The molecule has 10 nitrogen and oxygen atoms in total. The van der Waals surface area contributed by atoms with Crippen molar-refractivity contribution in [2.75, 3.05) is 25.1 Å². The predicted octanol–water partition coefficient (Wildman–Crippen LogP) is 6.81. The molecule has 0 atom stereocenters. The fraction of sp³-hybridized carbons (Fsp3) is 0.273. The summed E-state index contributed by atoms with van der Waals surface area (Å²) in [6.45, 7) is 4.48. The number of amides is 2. The van der Waals surface area contributed by atoms with Gasteiger partial charge in [0.1, 0.15) is 18.1 Å². The van der Waals surface area contributed by atoms with Crippen LogP contribution in [0.1, 0.15) is 37.8 Å². The molecule has 0 saturated carbocycles. The van der Waals surface area contributed by atoms with E-state index in [0.717, 1.165) is 5.56 Å². The minimum atomic E-state index is -4.59. The molecule has 2 N–H and O–H groups in total. The molecule has 3 heterocycles. The Hall–Kier alpha value is -5.33. The van der Waals surface area contributed by atoms with E-state index in [1.165, 1.54) is 12.2 Å². The highest BCUT2D eigenvalue weighted by atomic mass is 19.4. The van der Waals surface area contributed by atoms with Crippen molar-refractivity contribution in [1.29, 1.82) is 0 Å². The van der Waals surface area contributed by atoms with E-state index in [-0.39, 0.29) is 43.5 Å². The van der Waals surface area contributed by atoms with E-state index < -0.39 is 24.2 Å². The molecule has 3 aliphatic rings. The van der Waals surface area contributed by atoms with Gasteiger partial charge in [0.05, 0.1) is 36.7 Å². The monoisotopic (exact) mass is 634 g/mol. The average molecular weight is 635 g/mol. The second kappa shape index (κ2) is 14.6. The maximum atomic E-state index is 13.8. The topological polar surface area (TPSA) is 110 Å². The number of carbonyl (C=O) groups excluding carboxylic acids is 1. The first-order chi connectivity index (χ1) is 22.2. The lowest BCUT2D eigenvalue weighted by molar-refractivity contribution is -0.0968. The number of benzene rings is 1. The average Bonchev–Trinajstić information content (AvgIpc) is 3.04. The van der Waals surface area contributed by atoms with Gasteiger partial charge in [0.2, 0.25) is 0 Å². The van der Waals surface area contributed by atoms with E-state index >= 15 is 0 Å². The highest BCUT2D eigenvalue weighted by Gasteiger charge is 2.37. The van der Waals surface area contributed by atoms with Gasteiger partial charge in [-0.1, -0.05) is 18.2 Å². The van der Waals surface area contributed by atoms with Gasteiger partial charge in [0, 0.05) is 48.9 Å². The van der Waals surface area contributed by atoms with Gasteiger partial charge in [-0.15, -0.1) is 0 Å². The molecule has 0 spiro atoms. The number of amidine groups is 1. The molecule has 2 amide bonds. The Labute approximate surface area is 264 Å². The van der Waals surface area contributed by atoms with Crippen molar-refractivity contribution in [3.05, 3.63) is 113 Å². The highest BCUT2D eigenvalue weighted by Crippen LogP contribution is 2.35. The summed E-state index contributed by atoms with van der Waals surface area (Å²) < 4.78 is 58.5. The van der Waals surface area contributed by atoms with E-state index in [1.54, 1.807) is 44.4 Å². The van der Waals surface area contributed by atoms with Crippen LogP contribution in [0, 0.1) is 0 Å². The molecule has 1 aromatic carbocycles. The zero-order valence-corrected chi connectivity index (χ0v) is 25.3. The molecule has 13 heteroatoms. The number of hydrogen-bond acceptors (Lipinski definition) is 8. The van der Waals surface area contributed by atoms with Crippen LogP contribution in [0.5, 0.6) is 0 Å². The van der Waals surface area contributed by atoms with Gasteiger partial charge in [-0.05, 0) is 55.8 Å². The normalized spacial score (nSPS) is 19.2. The Morgan fingerprint density at radius 3 is 2.57 bits per heavy atom. The van der Waals surface area contributed by atoms with Crippen molar-refractivity contribution >= 4 is 29.1 Å². The quantitative estimate of drug-likeness (QED) is 0.314. The zero-order valence-electron chi connectivity index (χ0n) is 25.3. The van der Waals surface area contributed by atoms with Crippen molar-refractivity contribution in [2.45, 2.75) is 39.5 Å². The number of rotatable bonds is 9. The Bertz CT molecular complexity index is 1660. The number of carbonyl (C=O) groups is 1. The summed E-state index contributed by atoms with van der Waals surface area (Å²) in [6, 6.07) is 10.1. The Balaban J connectivity index is 1.34. The van der Waals surface area contributed by atoms with Crippen molar-refractivity contribution < 1.29 is 32.2 Å². The molecule has 0 fully saturated rings. The molecule has 0 bridgehead atoms. The number of pyridine rings is 1. The third-order valence-corrected chi connectivity index (χ3v) is 6.87. The summed E-state index contributed by atoms with van der Waals surface area (Å²) in [5.74, 6) is 1.00. The number of nitrogens with one attached hydrogen (secondary N) is 2. The van der Waals surface area contributed by atoms with Crippen molar-refractivity contribution in [2.24, 2.45) is 9.98 Å². The molecule has 1 aromatic heterocycles. The van der Waals surface area contributed by atoms with Crippen molar-refractivity contribution in [3.63, 3.8) is 0 Å². The van der Waals surface area contributed by atoms with Crippen LogP contribution in [0.4, 0.5) is 23.7 Å². The number of halogens is 3. The number of fused-ring (bicyclic) bond motifs is 1. The number of anilines is 1. The molecule has 5 rings (SSSR count). The van der Waals surface area contributed by atoms with E-state index in [0.29, 0.717) is 35.2 Å². The number of urea groups is 1. The van der Waals surface area contributed by atoms with Crippen LogP contribution in [0.2, 0.25) is 0 Å². The molecule has 46 heavy (non-hydrogen) atoms. The SMILES string of the molecule is CCOC1=CC/C(OCC)=C(/C(F)(F)F)C/C=C\1NC(=O)Nc1cccc(C2=CN3C=CCN=C3C(OCc3ccncc3)=N2)c1. The molecular weight excluding hydrogens is 601 g/mol. The minimum absolute atomic E-state index is 0.0919. The number of aliphatic imine (C=N–C) groups is 2. The molecule has 240 valence electrons. The number of hydrogen-bond donors (Lipinski definition) is 2. The van der Waals surface area contributed by atoms with E-state index in [4.69, 9.17) is 19.2 Å². The van der Waals surface area contributed by atoms with Crippen LogP contribution >= 0.6 is 0 Å². The van der Waals surface area contributed by atoms with Gasteiger partial charge >= 0.3 is 12.2 Å². The third kappa shape index (κ3) is 8.03. The second-order valence-electron chi connectivity index (χ2n) is 10.1. The van der Waals surface area contributed by atoms with Gasteiger partial charge in [-0.2, -0.15) is 13.2 Å². The molecule has 2 aromatic rings. The smallest absolute Gasteiger partial charge is 0.416 e. The Kier molecular flexibility index (Phi) is 10.2. The van der Waals surface area contributed by atoms with Crippen LogP contribution in [-0.2, 0) is 20.8 Å². The Morgan fingerprint density at radius 2 is 1.80 bits per heavy atom. The molecule has 1 aliphatic carbocycles. The number of ether oxygens (including phenoxy) is 3. The van der Waals surface area contributed by atoms with E-state index in [1.807, 2.05) is 41.6 Å². The van der Waals surface area contributed by atoms with Gasteiger partial charge < -0.3 is 29.7 Å². The van der Waals surface area contributed by atoms with Gasteiger partial charge in [-0.3, -0.25) is 9.98 Å². The number of nitrogens with zero attached hydrogens (tertiary/aromatic N) is 4. The first kappa shape index (κ1) is 32.1. The van der Waals surface area contributed by atoms with Crippen molar-refractivity contribution in [1.82, 2.24) is 15.2 Å². The van der Waals surface area contributed by atoms with Crippen LogP contribution in [0.25, 0.3) is 5.70 Å².